The summed E-state index contributed by atoms with van der Waals surface area (Å²) in [5.41, 5.74) is 1.07. The van der Waals surface area contributed by atoms with Crippen LogP contribution >= 0.6 is 50.2 Å². The summed E-state index contributed by atoms with van der Waals surface area (Å²) in [7, 11) is 0. The highest BCUT2D eigenvalue weighted by Crippen LogP contribution is 2.35. The number of benzene rings is 1. The number of aromatic nitrogens is 1. The summed E-state index contributed by atoms with van der Waals surface area (Å²) in [4.78, 5) is 6.03. The number of para-hydroxylation sites is 1. The van der Waals surface area contributed by atoms with Crippen LogP contribution in [0.3, 0.4) is 0 Å². The molecule has 21 heavy (non-hydrogen) atoms. The number of fused-ring (bicyclic) bond motifs is 1. The van der Waals surface area contributed by atoms with Crippen LogP contribution in [0.2, 0.25) is 4.34 Å². The Kier molecular flexibility index (Phi) is 4.96. The molecule has 0 bridgehead atoms. The molecule has 0 radical (unpaired) electrons. The van der Waals surface area contributed by atoms with Crippen LogP contribution in [0, 0.1) is 0 Å². The highest BCUT2D eigenvalue weighted by atomic mass is 79.9. The lowest BCUT2D eigenvalue weighted by molar-refractivity contribution is 0.551. The number of likely N-dealkylation sites (N-methyl/N-ethyl adjacent to an activating group) is 1. The van der Waals surface area contributed by atoms with E-state index < -0.39 is 0 Å². The number of nitrogens with one attached hydrogen (secondary N) is 1. The Morgan fingerprint density at radius 3 is 2.81 bits per heavy atom. The van der Waals surface area contributed by atoms with Gasteiger partial charge in [-0.1, -0.05) is 30.7 Å². The minimum Gasteiger partial charge on any atom is -0.308 e. The maximum Gasteiger partial charge on any atom is 0.111 e. The zero-order valence-electron chi connectivity index (χ0n) is 11.4. The van der Waals surface area contributed by atoms with Gasteiger partial charge in [0.2, 0.25) is 0 Å². The van der Waals surface area contributed by atoms with E-state index in [1.807, 2.05) is 6.07 Å². The lowest BCUT2D eigenvalue weighted by Crippen LogP contribution is -2.22. The Hall–Kier alpha value is -0.460. The van der Waals surface area contributed by atoms with Crippen LogP contribution in [0.4, 0.5) is 0 Å². The second-order valence-corrected chi connectivity index (χ2v) is 8.32. The smallest absolute Gasteiger partial charge is 0.111 e. The molecule has 2 heterocycles. The molecule has 0 spiro atoms. The van der Waals surface area contributed by atoms with E-state index >= 15 is 0 Å². The average Bonchev–Trinajstić information content (AvgIpc) is 3.02. The van der Waals surface area contributed by atoms with Gasteiger partial charge in [-0.15, -0.1) is 22.7 Å². The molecule has 6 heteroatoms. The van der Waals surface area contributed by atoms with Crippen molar-refractivity contribution in [3.63, 3.8) is 0 Å². The summed E-state index contributed by atoms with van der Waals surface area (Å²) in [5.74, 6) is 0. The highest BCUT2D eigenvalue weighted by molar-refractivity contribution is 9.10. The maximum atomic E-state index is 6.14. The van der Waals surface area contributed by atoms with Gasteiger partial charge in [-0.25, -0.2) is 4.98 Å². The third kappa shape index (κ3) is 3.48. The SMILES string of the molecule is CCNC(Cc1cc(Br)c(Cl)s1)c1nc2ccccc2s1. The molecule has 3 aromatic rings. The standard InChI is InChI=1S/C15H14BrClN2S2/c1-2-18-12(8-9-7-10(16)14(17)20-9)15-19-11-5-3-4-6-13(11)21-15/h3-7,12,18H,2,8H2,1H3. The fraction of sp³-hybridized carbons (Fsp3) is 0.267. The zero-order chi connectivity index (χ0) is 14.8. The van der Waals surface area contributed by atoms with Crippen LogP contribution in [-0.4, -0.2) is 11.5 Å². The minimum absolute atomic E-state index is 0.231. The van der Waals surface area contributed by atoms with Crippen LogP contribution in [0.5, 0.6) is 0 Å². The van der Waals surface area contributed by atoms with Crippen molar-refractivity contribution in [2.75, 3.05) is 6.54 Å². The number of rotatable bonds is 5. The second kappa shape index (κ2) is 6.75. The summed E-state index contributed by atoms with van der Waals surface area (Å²) in [5, 5.41) is 4.67. The second-order valence-electron chi connectivity index (χ2n) is 4.67. The van der Waals surface area contributed by atoms with E-state index in [2.05, 4.69) is 52.4 Å². The van der Waals surface area contributed by atoms with Crippen molar-refractivity contribution in [2.45, 2.75) is 19.4 Å². The Morgan fingerprint density at radius 1 is 1.33 bits per heavy atom. The third-order valence-corrected chi connectivity index (χ3v) is 6.81. The first-order valence-corrected chi connectivity index (χ1v) is 9.50. The Morgan fingerprint density at radius 2 is 2.14 bits per heavy atom. The van der Waals surface area contributed by atoms with E-state index in [0.29, 0.717) is 0 Å². The number of thiophene rings is 1. The van der Waals surface area contributed by atoms with Crippen LogP contribution in [0.25, 0.3) is 10.2 Å². The lowest BCUT2D eigenvalue weighted by atomic mass is 10.2. The van der Waals surface area contributed by atoms with E-state index in [-0.39, 0.29) is 6.04 Å². The normalized spacial score (nSPS) is 12.9. The van der Waals surface area contributed by atoms with E-state index in [9.17, 15) is 0 Å². The van der Waals surface area contributed by atoms with Gasteiger partial charge in [0.25, 0.3) is 0 Å². The first kappa shape index (κ1) is 15.4. The van der Waals surface area contributed by atoms with Gasteiger partial charge >= 0.3 is 0 Å². The molecule has 0 aliphatic carbocycles. The monoisotopic (exact) mass is 400 g/mol. The van der Waals surface area contributed by atoms with Crippen molar-refractivity contribution < 1.29 is 0 Å². The largest absolute Gasteiger partial charge is 0.308 e. The van der Waals surface area contributed by atoms with Gasteiger partial charge in [0.1, 0.15) is 9.34 Å². The predicted molar refractivity (Wildman–Crippen MR) is 96.8 cm³/mol. The molecule has 2 nitrogen and oxygen atoms in total. The predicted octanol–water partition coefficient (Wildman–Crippen LogP) is 5.67. The van der Waals surface area contributed by atoms with Crippen LogP contribution < -0.4 is 5.32 Å². The van der Waals surface area contributed by atoms with Crippen molar-refractivity contribution in [2.24, 2.45) is 0 Å². The number of thiazole rings is 1. The van der Waals surface area contributed by atoms with Crippen molar-refractivity contribution in [1.82, 2.24) is 10.3 Å². The molecule has 0 aliphatic heterocycles. The van der Waals surface area contributed by atoms with Crippen LogP contribution in [0.15, 0.2) is 34.8 Å². The van der Waals surface area contributed by atoms with Gasteiger partial charge in [-0.05, 0) is 40.7 Å². The summed E-state index contributed by atoms with van der Waals surface area (Å²) in [6.45, 7) is 3.04. The Balaban J connectivity index is 1.89. The molecule has 0 amide bonds. The summed E-state index contributed by atoms with van der Waals surface area (Å²) in [6, 6.07) is 10.6. The van der Waals surface area contributed by atoms with Gasteiger partial charge in [0, 0.05) is 15.8 Å². The first-order valence-electron chi connectivity index (χ1n) is 6.70. The van der Waals surface area contributed by atoms with E-state index in [4.69, 9.17) is 16.6 Å². The number of nitrogens with zero attached hydrogens (tertiary/aromatic N) is 1. The quantitative estimate of drug-likeness (QED) is 0.596. The van der Waals surface area contributed by atoms with E-state index in [1.165, 1.54) is 9.58 Å². The molecule has 0 fully saturated rings. The zero-order valence-corrected chi connectivity index (χ0v) is 15.4. The van der Waals surface area contributed by atoms with Crippen LogP contribution in [-0.2, 0) is 6.42 Å². The van der Waals surface area contributed by atoms with Crippen molar-refractivity contribution in [1.29, 1.82) is 0 Å². The molecule has 1 unspecified atom stereocenters. The summed E-state index contributed by atoms with van der Waals surface area (Å²) < 4.78 is 3.02. The first-order chi connectivity index (χ1) is 10.2. The van der Waals surface area contributed by atoms with Crippen molar-refractivity contribution in [3.05, 3.63) is 49.0 Å². The van der Waals surface area contributed by atoms with Gasteiger partial charge < -0.3 is 5.32 Å². The average molecular weight is 402 g/mol. The molecule has 0 saturated carbocycles. The molecule has 3 rings (SSSR count). The van der Waals surface area contributed by atoms with Crippen molar-refractivity contribution >= 4 is 60.4 Å². The number of halogens is 2. The van der Waals surface area contributed by atoms with Gasteiger partial charge in [-0.2, -0.15) is 0 Å². The fourth-order valence-electron chi connectivity index (χ4n) is 2.23. The molecule has 1 aromatic carbocycles. The Labute approximate surface area is 145 Å². The highest BCUT2D eigenvalue weighted by Gasteiger charge is 2.18. The van der Waals surface area contributed by atoms with E-state index in [0.717, 1.165) is 32.3 Å². The maximum absolute atomic E-state index is 6.14. The van der Waals surface area contributed by atoms with Gasteiger partial charge in [0.05, 0.1) is 16.3 Å². The molecular formula is C15H14BrClN2S2. The molecule has 1 atom stereocenters. The molecule has 0 aliphatic rings. The fourth-order valence-corrected chi connectivity index (χ4v) is 5.10. The number of hydrogen-bond acceptors (Lipinski definition) is 4. The van der Waals surface area contributed by atoms with Crippen molar-refractivity contribution in [3.8, 4) is 0 Å². The third-order valence-electron chi connectivity index (χ3n) is 3.16. The van der Waals surface area contributed by atoms with Gasteiger partial charge in [-0.3, -0.25) is 0 Å². The van der Waals surface area contributed by atoms with Crippen LogP contribution in [0.1, 0.15) is 22.9 Å². The molecular weight excluding hydrogens is 388 g/mol. The molecule has 2 aromatic heterocycles. The summed E-state index contributed by atoms with van der Waals surface area (Å²) >= 11 is 13.0. The van der Waals surface area contributed by atoms with E-state index in [1.54, 1.807) is 22.7 Å². The molecule has 0 saturated heterocycles. The molecule has 1 N–H and O–H groups in total. The number of hydrogen-bond donors (Lipinski definition) is 1. The molecule has 110 valence electrons. The Bertz CT molecular complexity index is 701. The van der Waals surface area contributed by atoms with Gasteiger partial charge in [0.15, 0.2) is 0 Å². The summed E-state index contributed by atoms with van der Waals surface area (Å²) in [6.07, 6.45) is 0.906. The topological polar surface area (TPSA) is 24.9 Å². The lowest BCUT2D eigenvalue weighted by Gasteiger charge is -2.14. The minimum atomic E-state index is 0.231.